The average molecular weight is 333 g/mol. The van der Waals surface area contributed by atoms with Crippen LogP contribution >= 0.6 is 0 Å². The van der Waals surface area contributed by atoms with Crippen LogP contribution in [0.15, 0.2) is 12.4 Å². The summed E-state index contributed by atoms with van der Waals surface area (Å²) in [7, 11) is 0. The van der Waals surface area contributed by atoms with Gasteiger partial charge in [-0.05, 0) is 32.6 Å². The van der Waals surface area contributed by atoms with E-state index in [2.05, 4.69) is 31.2 Å². The molecule has 132 valence electrons. The second kappa shape index (κ2) is 8.28. The Morgan fingerprint density at radius 1 is 1.21 bits per heavy atom. The van der Waals surface area contributed by atoms with Crippen molar-refractivity contribution in [3.8, 4) is 0 Å². The molecule has 24 heavy (non-hydrogen) atoms. The highest BCUT2D eigenvalue weighted by Crippen LogP contribution is 2.23. The fraction of sp³-hybridized carbons (Fsp3) is 0.706. The zero-order chi connectivity index (χ0) is 16.8. The molecule has 3 rings (SSSR count). The van der Waals surface area contributed by atoms with Gasteiger partial charge in [-0.2, -0.15) is 0 Å². The van der Waals surface area contributed by atoms with Gasteiger partial charge in [0.25, 0.3) is 0 Å². The van der Waals surface area contributed by atoms with Crippen molar-refractivity contribution < 1.29 is 9.53 Å². The summed E-state index contributed by atoms with van der Waals surface area (Å²) in [5.41, 5.74) is 0. The van der Waals surface area contributed by atoms with E-state index in [1.54, 1.807) is 6.33 Å². The molecule has 0 radical (unpaired) electrons. The minimum Gasteiger partial charge on any atom is -0.372 e. The van der Waals surface area contributed by atoms with E-state index >= 15 is 0 Å². The van der Waals surface area contributed by atoms with Crippen LogP contribution in [0.3, 0.4) is 0 Å². The monoisotopic (exact) mass is 333 g/mol. The van der Waals surface area contributed by atoms with Crippen molar-refractivity contribution in [2.75, 3.05) is 49.2 Å². The lowest BCUT2D eigenvalue weighted by Crippen LogP contribution is -2.49. The van der Waals surface area contributed by atoms with Crippen LogP contribution < -0.4 is 15.1 Å². The lowest BCUT2D eigenvalue weighted by atomic mass is 10.1. The van der Waals surface area contributed by atoms with Crippen LogP contribution in [0.2, 0.25) is 0 Å². The van der Waals surface area contributed by atoms with Crippen molar-refractivity contribution in [1.82, 2.24) is 15.3 Å². The van der Waals surface area contributed by atoms with E-state index < -0.39 is 0 Å². The third-order valence-corrected chi connectivity index (χ3v) is 4.62. The van der Waals surface area contributed by atoms with E-state index in [1.165, 1.54) is 12.8 Å². The van der Waals surface area contributed by atoms with Crippen LogP contribution in [0, 0.1) is 0 Å². The zero-order valence-corrected chi connectivity index (χ0v) is 14.4. The molecule has 0 aromatic carbocycles. The number of carbonyl (C=O) groups is 1. The number of hydrogen-bond donors (Lipinski definition) is 1. The fourth-order valence-electron chi connectivity index (χ4n) is 3.40. The molecule has 3 heterocycles. The number of aromatic nitrogens is 2. The maximum atomic E-state index is 11.9. The Labute approximate surface area is 143 Å². The Balaban J connectivity index is 1.60. The first kappa shape index (κ1) is 17.0. The summed E-state index contributed by atoms with van der Waals surface area (Å²) >= 11 is 0. The number of nitrogens with zero attached hydrogens (tertiary/aromatic N) is 4. The summed E-state index contributed by atoms with van der Waals surface area (Å²) in [6.45, 7) is 6.49. The van der Waals surface area contributed by atoms with Crippen LogP contribution in [-0.2, 0) is 9.53 Å². The van der Waals surface area contributed by atoms with Crippen LogP contribution in [0.1, 0.15) is 32.6 Å². The summed E-state index contributed by atoms with van der Waals surface area (Å²) in [6, 6.07) is 2.23. The van der Waals surface area contributed by atoms with Gasteiger partial charge in [0.1, 0.15) is 24.6 Å². The first-order valence-electron chi connectivity index (χ1n) is 8.95. The number of anilines is 2. The number of nitrogens with one attached hydrogen (secondary N) is 1. The van der Waals surface area contributed by atoms with E-state index in [-0.39, 0.29) is 18.6 Å². The van der Waals surface area contributed by atoms with Crippen molar-refractivity contribution in [2.45, 2.75) is 38.6 Å². The molecule has 1 N–H and O–H groups in total. The zero-order valence-electron chi connectivity index (χ0n) is 14.4. The molecule has 1 amide bonds. The molecule has 2 fully saturated rings. The molecule has 2 saturated heterocycles. The predicted molar refractivity (Wildman–Crippen MR) is 93.3 cm³/mol. The lowest BCUT2D eigenvalue weighted by Gasteiger charge is -2.34. The molecule has 1 aromatic heterocycles. The van der Waals surface area contributed by atoms with Crippen molar-refractivity contribution in [3.05, 3.63) is 12.4 Å². The van der Waals surface area contributed by atoms with E-state index in [0.29, 0.717) is 6.61 Å². The summed E-state index contributed by atoms with van der Waals surface area (Å²) in [5, 5.41) is 3.06. The normalized spacial score (nSPS) is 21.1. The second-order valence-electron chi connectivity index (χ2n) is 6.42. The lowest BCUT2D eigenvalue weighted by molar-refractivity contribution is -0.126. The molecule has 7 heteroatoms. The molecular formula is C17H27N5O2. The highest BCUT2D eigenvalue weighted by Gasteiger charge is 2.23. The summed E-state index contributed by atoms with van der Waals surface area (Å²) in [4.78, 5) is 25.3. The van der Waals surface area contributed by atoms with E-state index in [0.717, 1.165) is 50.7 Å². The predicted octanol–water partition coefficient (Wildman–Crippen LogP) is 1.20. The van der Waals surface area contributed by atoms with Crippen LogP contribution in [0.25, 0.3) is 0 Å². The third-order valence-electron chi connectivity index (χ3n) is 4.62. The SMILES string of the molecule is CCOCC(=O)NC1CCCN(c2cc(N3CCCC3)ncn2)C1. The summed E-state index contributed by atoms with van der Waals surface area (Å²) in [6.07, 6.45) is 6.16. The van der Waals surface area contributed by atoms with Gasteiger partial charge in [-0.1, -0.05) is 0 Å². The molecule has 7 nitrogen and oxygen atoms in total. The van der Waals surface area contributed by atoms with Crippen molar-refractivity contribution in [2.24, 2.45) is 0 Å². The van der Waals surface area contributed by atoms with Crippen molar-refractivity contribution in [3.63, 3.8) is 0 Å². The number of ether oxygens (including phenoxy) is 1. The molecule has 0 spiro atoms. The largest absolute Gasteiger partial charge is 0.372 e. The average Bonchev–Trinajstić information content (AvgIpc) is 3.15. The molecule has 0 bridgehead atoms. The highest BCUT2D eigenvalue weighted by molar-refractivity contribution is 5.77. The summed E-state index contributed by atoms with van der Waals surface area (Å²) < 4.78 is 5.17. The maximum absolute atomic E-state index is 11.9. The number of rotatable bonds is 6. The van der Waals surface area contributed by atoms with Gasteiger partial charge >= 0.3 is 0 Å². The third kappa shape index (κ3) is 4.35. The van der Waals surface area contributed by atoms with E-state index in [4.69, 9.17) is 4.74 Å². The van der Waals surface area contributed by atoms with Gasteiger partial charge in [0.05, 0.1) is 0 Å². The van der Waals surface area contributed by atoms with Gasteiger partial charge in [-0.3, -0.25) is 4.79 Å². The Hall–Kier alpha value is -1.89. The number of amides is 1. The maximum Gasteiger partial charge on any atom is 0.246 e. The highest BCUT2D eigenvalue weighted by atomic mass is 16.5. The standard InChI is InChI=1S/C17H27N5O2/c1-2-24-12-17(23)20-14-6-5-9-22(11-14)16-10-15(18-13-19-16)21-7-3-4-8-21/h10,13-14H,2-9,11-12H2,1H3,(H,20,23). The first-order chi connectivity index (χ1) is 11.8. The minimum atomic E-state index is -0.0378. The Morgan fingerprint density at radius 3 is 2.67 bits per heavy atom. The van der Waals surface area contributed by atoms with Crippen molar-refractivity contribution in [1.29, 1.82) is 0 Å². The van der Waals surface area contributed by atoms with Gasteiger partial charge in [0.15, 0.2) is 0 Å². The quantitative estimate of drug-likeness (QED) is 0.843. The van der Waals surface area contributed by atoms with E-state index in [1.807, 2.05) is 6.92 Å². The minimum absolute atomic E-state index is 0.0378. The number of hydrogen-bond acceptors (Lipinski definition) is 6. The van der Waals surface area contributed by atoms with Crippen LogP contribution in [0.4, 0.5) is 11.6 Å². The second-order valence-corrected chi connectivity index (χ2v) is 6.42. The molecule has 1 aromatic rings. The smallest absolute Gasteiger partial charge is 0.246 e. The molecule has 1 unspecified atom stereocenters. The van der Waals surface area contributed by atoms with Gasteiger partial charge in [0.2, 0.25) is 5.91 Å². The van der Waals surface area contributed by atoms with Gasteiger partial charge < -0.3 is 19.9 Å². The van der Waals surface area contributed by atoms with Gasteiger partial charge in [0, 0.05) is 44.9 Å². The van der Waals surface area contributed by atoms with E-state index in [9.17, 15) is 4.79 Å². The topological polar surface area (TPSA) is 70.6 Å². The van der Waals surface area contributed by atoms with Crippen molar-refractivity contribution >= 4 is 17.5 Å². The fourth-order valence-corrected chi connectivity index (χ4v) is 3.40. The van der Waals surface area contributed by atoms with Gasteiger partial charge in [-0.15, -0.1) is 0 Å². The molecule has 0 aliphatic carbocycles. The Kier molecular flexibility index (Phi) is 5.85. The Bertz CT molecular complexity index is 548. The number of piperidine rings is 1. The molecule has 2 aliphatic heterocycles. The number of carbonyl (C=O) groups excluding carboxylic acids is 1. The summed E-state index contributed by atoms with van der Waals surface area (Å²) in [5.74, 6) is 1.93. The molecule has 0 saturated carbocycles. The molecule has 1 atom stereocenters. The van der Waals surface area contributed by atoms with Gasteiger partial charge in [-0.25, -0.2) is 9.97 Å². The first-order valence-corrected chi connectivity index (χ1v) is 8.95. The Morgan fingerprint density at radius 2 is 1.92 bits per heavy atom. The molecular weight excluding hydrogens is 306 g/mol. The van der Waals surface area contributed by atoms with Crippen LogP contribution in [0.5, 0.6) is 0 Å². The molecule has 2 aliphatic rings. The van der Waals surface area contributed by atoms with Crippen LogP contribution in [-0.4, -0.2) is 61.3 Å².